The van der Waals surface area contributed by atoms with Gasteiger partial charge in [0.1, 0.15) is 6.04 Å². The lowest BCUT2D eigenvalue weighted by atomic mass is 10.1. The smallest absolute Gasteiger partial charge is 0.244 e. The number of morpholine rings is 1. The normalized spacial score (nSPS) is 24.4. The lowest BCUT2D eigenvalue weighted by molar-refractivity contribution is -0.123. The minimum atomic E-state index is -0.317. The maximum Gasteiger partial charge on any atom is 0.244 e. The van der Waals surface area contributed by atoms with Gasteiger partial charge in [0.15, 0.2) is 0 Å². The number of carbonyl (C=O) groups excluding carboxylic acids is 1. The van der Waals surface area contributed by atoms with Crippen molar-refractivity contribution in [3.8, 4) is 0 Å². The van der Waals surface area contributed by atoms with Crippen molar-refractivity contribution < 1.29 is 9.53 Å². The number of nitrogens with one attached hydrogen (secondary N) is 2. The second-order valence-electron chi connectivity index (χ2n) is 4.01. The summed E-state index contributed by atoms with van der Waals surface area (Å²) in [5.41, 5.74) is 0.696. The SMILES string of the molecule is C[C@H]1OCCN[C@@H]1C(=O)Nc1cccc(Cl)c1. The molecule has 0 aliphatic carbocycles. The minimum Gasteiger partial charge on any atom is -0.375 e. The van der Waals surface area contributed by atoms with Gasteiger partial charge in [0, 0.05) is 17.3 Å². The van der Waals surface area contributed by atoms with E-state index in [1.165, 1.54) is 0 Å². The summed E-state index contributed by atoms with van der Waals surface area (Å²) in [4.78, 5) is 12.0. The molecule has 17 heavy (non-hydrogen) atoms. The largest absolute Gasteiger partial charge is 0.375 e. The number of benzene rings is 1. The first-order valence-corrected chi connectivity index (χ1v) is 5.96. The summed E-state index contributed by atoms with van der Waals surface area (Å²) in [5.74, 6) is -0.0977. The average molecular weight is 255 g/mol. The molecule has 5 heteroatoms. The van der Waals surface area contributed by atoms with Gasteiger partial charge in [-0.05, 0) is 25.1 Å². The van der Waals surface area contributed by atoms with Gasteiger partial charge in [0.25, 0.3) is 0 Å². The maximum atomic E-state index is 12.0. The molecule has 1 aromatic rings. The van der Waals surface area contributed by atoms with Crippen LogP contribution in [0.4, 0.5) is 5.69 Å². The number of rotatable bonds is 2. The fourth-order valence-electron chi connectivity index (χ4n) is 1.81. The summed E-state index contributed by atoms with van der Waals surface area (Å²) in [6.07, 6.45) is -0.122. The molecule has 1 heterocycles. The Labute approximate surface area is 105 Å². The predicted octanol–water partition coefficient (Wildman–Crippen LogP) is 1.66. The van der Waals surface area contributed by atoms with E-state index in [0.29, 0.717) is 23.9 Å². The molecular formula is C12H15ClN2O2. The number of halogens is 1. The van der Waals surface area contributed by atoms with Gasteiger partial charge >= 0.3 is 0 Å². The van der Waals surface area contributed by atoms with Crippen LogP contribution in [-0.2, 0) is 9.53 Å². The molecule has 2 rings (SSSR count). The Morgan fingerprint density at radius 3 is 3.12 bits per heavy atom. The van der Waals surface area contributed by atoms with Gasteiger partial charge in [-0.1, -0.05) is 17.7 Å². The first-order chi connectivity index (χ1) is 8.16. The van der Waals surface area contributed by atoms with Crippen LogP contribution in [-0.4, -0.2) is 31.2 Å². The monoisotopic (exact) mass is 254 g/mol. The van der Waals surface area contributed by atoms with Crippen molar-refractivity contribution in [1.82, 2.24) is 5.32 Å². The van der Waals surface area contributed by atoms with Gasteiger partial charge in [-0.15, -0.1) is 0 Å². The van der Waals surface area contributed by atoms with E-state index in [9.17, 15) is 4.79 Å². The van der Waals surface area contributed by atoms with Gasteiger partial charge in [-0.3, -0.25) is 4.79 Å². The van der Waals surface area contributed by atoms with E-state index in [4.69, 9.17) is 16.3 Å². The van der Waals surface area contributed by atoms with Gasteiger partial charge in [-0.2, -0.15) is 0 Å². The minimum absolute atomic E-state index is 0.0977. The van der Waals surface area contributed by atoms with Crippen LogP contribution in [0.3, 0.4) is 0 Å². The molecule has 2 atom stereocenters. The van der Waals surface area contributed by atoms with Crippen molar-refractivity contribution in [2.45, 2.75) is 19.1 Å². The Morgan fingerprint density at radius 2 is 2.41 bits per heavy atom. The summed E-state index contributed by atoms with van der Waals surface area (Å²) in [6, 6.07) is 6.77. The molecule has 0 spiro atoms. The molecule has 1 fully saturated rings. The molecule has 4 nitrogen and oxygen atoms in total. The van der Waals surface area contributed by atoms with Crippen molar-refractivity contribution in [2.75, 3.05) is 18.5 Å². The second-order valence-corrected chi connectivity index (χ2v) is 4.44. The number of carbonyl (C=O) groups is 1. The highest BCUT2D eigenvalue weighted by molar-refractivity contribution is 6.30. The van der Waals surface area contributed by atoms with E-state index in [2.05, 4.69) is 10.6 Å². The maximum absolute atomic E-state index is 12.0. The highest BCUT2D eigenvalue weighted by Gasteiger charge is 2.28. The molecule has 1 saturated heterocycles. The van der Waals surface area contributed by atoms with Crippen LogP contribution in [0.2, 0.25) is 5.02 Å². The van der Waals surface area contributed by atoms with Crippen LogP contribution in [0.15, 0.2) is 24.3 Å². The summed E-state index contributed by atoms with van der Waals surface area (Å²) in [7, 11) is 0. The number of anilines is 1. The average Bonchev–Trinajstić information content (AvgIpc) is 2.29. The molecule has 0 unspecified atom stereocenters. The molecule has 1 aromatic carbocycles. The first-order valence-electron chi connectivity index (χ1n) is 5.58. The predicted molar refractivity (Wildman–Crippen MR) is 67.3 cm³/mol. The molecule has 2 N–H and O–H groups in total. The number of hydrogen-bond acceptors (Lipinski definition) is 3. The Kier molecular flexibility index (Phi) is 3.99. The van der Waals surface area contributed by atoms with E-state index in [0.717, 1.165) is 0 Å². The fraction of sp³-hybridized carbons (Fsp3) is 0.417. The summed E-state index contributed by atoms with van der Waals surface area (Å²) in [6.45, 7) is 3.22. The quantitative estimate of drug-likeness (QED) is 0.844. The molecule has 0 aromatic heterocycles. The Hall–Kier alpha value is -1.10. The van der Waals surface area contributed by atoms with Crippen molar-refractivity contribution in [1.29, 1.82) is 0 Å². The second kappa shape index (κ2) is 5.49. The lowest BCUT2D eigenvalue weighted by Crippen LogP contribution is -2.53. The van der Waals surface area contributed by atoms with Crippen LogP contribution >= 0.6 is 11.6 Å². The molecule has 1 amide bonds. The Bertz CT molecular complexity index is 411. The van der Waals surface area contributed by atoms with Crippen molar-refractivity contribution in [3.05, 3.63) is 29.3 Å². The third-order valence-electron chi connectivity index (χ3n) is 2.69. The molecule has 1 aliphatic heterocycles. The first kappa shape index (κ1) is 12.4. The number of hydrogen-bond donors (Lipinski definition) is 2. The highest BCUT2D eigenvalue weighted by Crippen LogP contribution is 2.16. The standard InChI is InChI=1S/C12H15ClN2O2/c1-8-11(14-5-6-17-8)12(16)15-10-4-2-3-9(13)7-10/h2-4,7-8,11,14H,5-6H2,1H3,(H,15,16)/t8-,11+/m1/s1. The summed E-state index contributed by atoms with van der Waals surface area (Å²) in [5, 5.41) is 6.55. The van der Waals surface area contributed by atoms with Crippen LogP contribution < -0.4 is 10.6 Å². The highest BCUT2D eigenvalue weighted by atomic mass is 35.5. The van der Waals surface area contributed by atoms with Gasteiger partial charge in [0.05, 0.1) is 12.7 Å². The van der Waals surface area contributed by atoms with Gasteiger partial charge < -0.3 is 15.4 Å². The molecule has 0 bridgehead atoms. The molecule has 0 radical (unpaired) electrons. The third kappa shape index (κ3) is 3.19. The van der Waals surface area contributed by atoms with Crippen LogP contribution in [0.1, 0.15) is 6.92 Å². The molecule has 0 saturated carbocycles. The van der Waals surface area contributed by atoms with Gasteiger partial charge in [0.2, 0.25) is 5.91 Å². The van der Waals surface area contributed by atoms with Gasteiger partial charge in [-0.25, -0.2) is 0 Å². The Balaban J connectivity index is 2.01. The van der Waals surface area contributed by atoms with Crippen molar-refractivity contribution >= 4 is 23.2 Å². The summed E-state index contributed by atoms with van der Waals surface area (Å²) < 4.78 is 5.42. The third-order valence-corrected chi connectivity index (χ3v) is 2.93. The summed E-state index contributed by atoms with van der Waals surface area (Å²) >= 11 is 5.85. The van der Waals surface area contributed by atoms with Crippen LogP contribution in [0.25, 0.3) is 0 Å². The van der Waals surface area contributed by atoms with Crippen molar-refractivity contribution in [2.24, 2.45) is 0 Å². The zero-order chi connectivity index (χ0) is 12.3. The van der Waals surface area contributed by atoms with E-state index < -0.39 is 0 Å². The molecule has 92 valence electrons. The van der Waals surface area contributed by atoms with E-state index in [1.54, 1.807) is 24.3 Å². The fourth-order valence-corrected chi connectivity index (χ4v) is 2.00. The van der Waals surface area contributed by atoms with E-state index in [1.807, 2.05) is 6.92 Å². The molecule has 1 aliphatic rings. The Morgan fingerprint density at radius 1 is 1.59 bits per heavy atom. The number of ether oxygens (including phenoxy) is 1. The zero-order valence-electron chi connectivity index (χ0n) is 9.57. The number of amides is 1. The van der Waals surface area contributed by atoms with Crippen LogP contribution in [0, 0.1) is 0 Å². The topological polar surface area (TPSA) is 50.4 Å². The zero-order valence-corrected chi connectivity index (χ0v) is 10.3. The lowest BCUT2D eigenvalue weighted by Gasteiger charge is -2.29. The van der Waals surface area contributed by atoms with Crippen molar-refractivity contribution in [3.63, 3.8) is 0 Å². The van der Waals surface area contributed by atoms with E-state index >= 15 is 0 Å². The molecular weight excluding hydrogens is 240 g/mol. The van der Waals surface area contributed by atoms with Crippen LogP contribution in [0.5, 0.6) is 0 Å². The van der Waals surface area contributed by atoms with E-state index in [-0.39, 0.29) is 18.1 Å².